The molecule has 2 saturated heterocycles. The Kier molecular flexibility index (Phi) is 5.87. The van der Waals surface area contributed by atoms with Crippen molar-refractivity contribution in [2.75, 3.05) is 45.8 Å². The second-order valence-corrected chi connectivity index (χ2v) is 7.11. The number of aliphatic hydroxyl groups is 1. The van der Waals surface area contributed by atoms with Crippen molar-refractivity contribution in [1.29, 1.82) is 0 Å². The molecule has 1 atom stereocenters. The largest absolute Gasteiger partial charge is 0.392 e. The zero-order valence-electron chi connectivity index (χ0n) is 14.7. The van der Waals surface area contributed by atoms with Crippen LogP contribution in [0, 0.1) is 6.92 Å². The number of amides is 1. The maximum atomic E-state index is 12.5. The van der Waals surface area contributed by atoms with Gasteiger partial charge in [-0.2, -0.15) is 0 Å². The highest BCUT2D eigenvalue weighted by Gasteiger charge is 2.25. The topological polar surface area (TPSA) is 47.0 Å². The Labute approximate surface area is 144 Å². The summed E-state index contributed by atoms with van der Waals surface area (Å²) in [6.45, 7) is 8.62. The molecule has 1 unspecified atom stereocenters. The van der Waals surface area contributed by atoms with Crippen LogP contribution in [0.2, 0.25) is 0 Å². The monoisotopic (exact) mass is 331 g/mol. The molecule has 1 amide bonds. The lowest BCUT2D eigenvalue weighted by Crippen LogP contribution is -2.52. The van der Waals surface area contributed by atoms with E-state index in [0.29, 0.717) is 13.1 Å². The van der Waals surface area contributed by atoms with Crippen molar-refractivity contribution in [3.63, 3.8) is 0 Å². The van der Waals surface area contributed by atoms with E-state index in [1.165, 1.54) is 11.1 Å². The molecule has 2 fully saturated rings. The molecular weight excluding hydrogens is 302 g/mol. The number of carbonyl (C=O) groups excluding carboxylic acids is 1. The van der Waals surface area contributed by atoms with Gasteiger partial charge in [0, 0.05) is 39.3 Å². The van der Waals surface area contributed by atoms with Crippen LogP contribution in [0.3, 0.4) is 0 Å². The summed E-state index contributed by atoms with van der Waals surface area (Å²) in [5, 5.41) is 9.73. The minimum absolute atomic E-state index is 0.208. The SMILES string of the molecule is Cc1ccccc1CN1CCN(C(=O)CN2CCCC(O)C2)CC1. The Hall–Kier alpha value is -1.43. The normalized spacial score (nSPS) is 23.4. The average Bonchev–Trinajstić information content (AvgIpc) is 2.57. The van der Waals surface area contributed by atoms with E-state index < -0.39 is 0 Å². The maximum Gasteiger partial charge on any atom is 0.236 e. The predicted molar refractivity (Wildman–Crippen MR) is 94.7 cm³/mol. The number of piperidine rings is 1. The van der Waals surface area contributed by atoms with Crippen molar-refractivity contribution in [2.24, 2.45) is 0 Å². The van der Waals surface area contributed by atoms with E-state index in [2.05, 4.69) is 41.0 Å². The van der Waals surface area contributed by atoms with Gasteiger partial charge in [-0.25, -0.2) is 0 Å². The molecule has 2 heterocycles. The molecule has 1 aromatic carbocycles. The number of likely N-dealkylation sites (tertiary alicyclic amines) is 1. The lowest BCUT2D eigenvalue weighted by molar-refractivity contribution is -0.134. The summed E-state index contributed by atoms with van der Waals surface area (Å²) in [6, 6.07) is 8.51. The second kappa shape index (κ2) is 8.10. The molecule has 5 nitrogen and oxygen atoms in total. The molecule has 2 aliphatic rings. The van der Waals surface area contributed by atoms with Gasteiger partial charge in [0.1, 0.15) is 0 Å². The Morgan fingerprint density at radius 1 is 1.12 bits per heavy atom. The lowest BCUT2D eigenvalue weighted by Gasteiger charge is -2.37. The molecule has 1 aromatic rings. The van der Waals surface area contributed by atoms with E-state index in [0.717, 1.165) is 52.1 Å². The number of hydrogen-bond acceptors (Lipinski definition) is 4. The van der Waals surface area contributed by atoms with Crippen LogP contribution < -0.4 is 0 Å². The molecule has 24 heavy (non-hydrogen) atoms. The predicted octanol–water partition coefficient (Wildman–Crippen LogP) is 1.10. The van der Waals surface area contributed by atoms with Gasteiger partial charge in [0.25, 0.3) is 0 Å². The van der Waals surface area contributed by atoms with Crippen LogP contribution >= 0.6 is 0 Å². The third kappa shape index (κ3) is 4.56. The summed E-state index contributed by atoms with van der Waals surface area (Å²) >= 11 is 0. The van der Waals surface area contributed by atoms with Crippen LogP contribution in [0.5, 0.6) is 0 Å². The molecule has 3 rings (SSSR count). The Morgan fingerprint density at radius 2 is 1.88 bits per heavy atom. The van der Waals surface area contributed by atoms with E-state index in [9.17, 15) is 9.90 Å². The highest BCUT2D eigenvalue weighted by molar-refractivity contribution is 5.78. The van der Waals surface area contributed by atoms with Crippen LogP contribution in [0.15, 0.2) is 24.3 Å². The second-order valence-electron chi connectivity index (χ2n) is 7.11. The molecule has 132 valence electrons. The van der Waals surface area contributed by atoms with Crippen LogP contribution in [0.1, 0.15) is 24.0 Å². The zero-order valence-corrected chi connectivity index (χ0v) is 14.7. The molecule has 0 saturated carbocycles. The van der Waals surface area contributed by atoms with Gasteiger partial charge in [-0.15, -0.1) is 0 Å². The van der Waals surface area contributed by atoms with Gasteiger partial charge in [-0.05, 0) is 37.4 Å². The van der Waals surface area contributed by atoms with E-state index in [4.69, 9.17) is 0 Å². The molecule has 2 aliphatic heterocycles. The summed E-state index contributed by atoms with van der Waals surface area (Å²) < 4.78 is 0. The van der Waals surface area contributed by atoms with Gasteiger partial charge in [0.15, 0.2) is 0 Å². The van der Waals surface area contributed by atoms with Gasteiger partial charge in [-0.1, -0.05) is 24.3 Å². The van der Waals surface area contributed by atoms with Gasteiger partial charge >= 0.3 is 0 Å². The third-order valence-electron chi connectivity index (χ3n) is 5.22. The fourth-order valence-electron chi connectivity index (χ4n) is 3.65. The van der Waals surface area contributed by atoms with Gasteiger partial charge < -0.3 is 10.0 Å². The zero-order chi connectivity index (χ0) is 16.9. The third-order valence-corrected chi connectivity index (χ3v) is 5.22. The van der Waals surface area contributed by atoms with Crippen LogP contribution in [0.25, 0.3) is 0 Å². The van der Waals surface area contributed by atoms with E-state index in [-0.39, 0.29) is 12.0 Å². The fraction of sp³-hybridized carbons (Fsp3) is 0.632. The van der Waals surface area contributed by atoms with Crippen molar-refractivity contribution in [1.82, 2.24) is 14.7 Å². The van der Waals surface area contributed by atoms with Crippen LogP contribution in [0.4, 0.5) is 0 Å². The first-order chi connectivity index (χ1) is 11.6. The molecule has 0 aromatic heterocycles. The Balaban J connectivity index is 1.44. The maximum absolute atomic E-state index is 12.5. The van der Waals surface area contributed by atoms with Crippen molar-refractivity contribution >= 4 is 5.91 Å². The highest BCUT2D eigenvalue weighted by atomic mass is 16.3. The number of hydrogen-bond donors (Lipinski definition) is 1. The molecule has 0 bridgehead atoms. The minimum atomic E-state index is -0.266. The standard InChI is InChI=1S/C19H29N3O2/c1-16-5-2-3-6-17(16)13-20-9-11-22(12-10-20)19(24)15-21-8-4-7-18(23)14-21/h2-3,5-6,18,23H,4,7-15H2,1H3. The Morgan fingerprint density at radius 3 is 2.58 bits per heavy atom. The number of aryl methyl sites for hydroxylation is 1. The first kappa shape index (κ1) is 17.4. The number of nitrogens with zero attached hydrogens (tertiary/aromatic N) is 3. The molecule has 1 N–H and O–H groups in total. The van der Waals surface area contributed by atoms with E-state index in [1.807, 2.05) is 4.90 Å². The van der Waals surface area contributed by atoms with Gasteiger partial charge in [0.2, 0.25) is 5.91 Å². The number of carbonyl (C=O) groups is 1. The number of benzene rings is 1. The summed E-state index contributed by atoms with van der Waals surface area (Å²) in [4.78, 5) is 19.0. The van der Waals surface area contributed by atoms with Crippen LogP contribution in [-0.2, 0) is 11.3 Å². The summed E-state index contributed by atoms with van der Waals surface area (Å²) in [6.07, 6.45) is 1.58. The first-order valence-electron chi connectivity index (χ1n) is 9.07. The van der Waals surface area contributed by atoms with Crippen molar-refractivity contribution in [3.05, 3.63) is 35.4 Å². The summed E-state index contributed by atoms with van der Waals surface area (Å²) in [5.41, 5.74) is 2.71. The highest BCUT2D eigenvalue weighted by Crippen LogP contribution is 2.14. The average molecular weight is 331 g/mol. The van der Waals surface area contributed by atoms with Gasteiger partial charge in [-0.3, -0.25) is 14.6 Å². The van der Waals surface area contributed by atoms with E-state index >= 15 is 0 Å². The number of aliphatic hydroxyl groups excluding tert-OH is 1. The smallest absolute Gasteiger partial charge is 0.236 e. The molecule has 0 aliphatic carbocycles. The summed E-state index contributed by atoms with van der Waals surface area (Å²) in [5.74, 6) is 0.208. The quantitative estimate of drug-likeness (QED) is 0.897. The number of piperazine rings is 1. The molecular formula is C19H29N3O2. The number of β-amino-alcohol motifs (C(OH)–C–C–N with tert-alkyl or cyclic N) is 1. The Bertz CT molecular complexity index is 555. The van der Waals surface area contributed by atoms with Crippen molar-refractivity contribution in [2.45, 2.75) is 32.4 Å². The fourth-order valence-corrected chi connectivity index (χ4v) is 3.65. The lowest BCUT2D eigenvalue weighted by atomic mass is 10.1. The van der Waals surface area contributed by atoms with E-state index in [1.54, 1.807) is 0 Å². The summed E-state index contributed by atoms with van der Waals surface area (Å²) in [7, 11) is 0. The van der Waals surface area contributed by atoms with Gasteiger partial charge in [0.05, 0.1) is 12.6 Å². The minimum Gasteiger partial charge on any atom is -0.392 e. The molecule has 0 spiro atoms. The molecule has 0 radical (unpaired) electrons. The number of rotatable bonds is 4. The van der Waals surface area contributed by atoms with Crippen molar-refractivity contribution < 1.29 is 9.90 Å². The first-order valence-corrected chi connectivity index (χ1v) is 9.07. The van der Waals surface area contributed by atoms with Crippen molar-refractivity contribution in [3.8, 4) is 0 Å². The molecule has 5 heteroatoms. The van der Waals surface area contributed by atoms with Crippen LogP contribution in [-0.4, -0.2) is 77.6 Å².